The second-order valence-electron chi connectivity index (χ2n) is 4.60. The Morgan fingerprint density at radius 1 is 0.955 bits per heavy atom. The third-order valence-corrected chi connectivity index (χ3v) is 3.23. The monoisotopic (exact) mass is 301 g/mol. The third-order valence-electron chi connectivity index (χ3n) is 3.23. The average molecular weight is 301 g/mol. The van der Waals surface area contributed by atoms with Crippen LogP contribution < -0.4 is 19.5 Å². The summed E-state index contributed by atoms with van der Waals surface area (Å²) in [6.07, 6.45) is 0. The molecule has 0 spiro atoms. The van der Waals surface area contributed by atoms with Gasteiger partial charge in [-0.15, -0.1) is 0 Å². The zero-order chi connectivity index (χ0) is 15.9. The predicted molar refractivity (Wildman–Crippen MR) is 83.7 cm³/mol. The molecular formula is C17H19NO4. The molecule has 0 saturated heterocycles. The molecule has 0 aromatic heterocycles. The van der Waals surface area contributed by atoms with Crippen LogP contribution >= 0.6 is 0 Å². The van der Waals surface area contributed by atoms with Gasteiger partial charge in [-0.25, -0.2) is 0 Å². The van der Waals surface area contributed by atoms with Crippen LogP contribution in [0.5, 0.6) is 17.2 Å². The van der Waals surface area contributed by atoms with Crippen LogP contribution in [0.15, 0.2) is 42.5 Å². The van der Waals surface area contributed by atoms with Crippen molar-refractivity contribution in [3.05, 3.63) is 53.6 Å². The maximum Gasteiger partial charge on any atom is 0.251 e. The topological polar surface area (TPSA) is 56.8 Å². The number of carbonyl (C=O) groups excluding carboxylic acids is 1. The molecule has 1 N–H and O–H groups in total. The molecule has 0 aliphatic rings. The van der Waals surface area contributed by atoms with Gasteiger partial charge in [-0.2, -0.15) is 0 Å². The molecule has 116 valence electrons. The summed E-state index contributed by atoms with van der Waals surface area (Å²) < 4.78 is 15.5. The summed E-state index contributed by atoms with van der Waals surface area (Å²) in [7, 11) is 4.74. The Morgan fingerprint density at radius 2 is 1.73 bits per heavy atom. The lowest BCUT2D eigenvalue weighted by molar-refractivity contribution is 0.0950. The summed E-state index contributed by atoms with van der Waals surface area (Å²) in [6, 6.07) is 12.6. The molecule has 22 heavy (non-hydrogen) atoms. The fraction of sp³-hybridized carbons (Fsp3) is 0.235. The molecule has 0 aliphatic heterocycles. The van der Waals surface area contributed by atoms with E-state index < -0.39 is 0 Å². The summed E-state index contributed by atoms with van der Waals surface area (Å²) >= 11 is 0. The van der Waals surface area contributed by atoms with Gasteiger partial charge in [0, 0.05) is 12.1 Å². The average Bonchev–Trinajstić information content (AvgIpc) is 2.59. The molecule has 2 aromatic rings. The van der Waals surface area contributed by atoms with Gasteiger partial charge in [-0.05, 0) is 35.9 Å². The van der Waals surface area contributed by atoms with Crippen molar-refractivity contribution in [3.8, 4) is 17.2 Å². The lowest BCUT2D eigenvalue weighted by Crippen LogP contribution is -2.22. The first kappa shape index (κ1) is 15.7. The predicted octanol–water partition coefficient (Wildman–Crippen LogP) is 2.64. The molecule has 0 bridgehead atoms. The van der Waals surface area contributed by atoms with E-state index in [0.717, 1.165) is 5.56 Å². The number of amides is 1. The van der Waals surface area contributed by atoms with Gasteiger partial charge >= 0.3 is 0 Å². The van der Waals surface area contributed by atoms with E-state index in [4.69, 9.17) is 14.2 Å². The number of rotatable bonds is 6. The largest absolute Gasteiger partial charge is 0.497 e. The number of methoxy groups -OCH3 is 3. The van der Waals surface area contributed by atoms with Crippen molar-refractivity contribution in [3.63, 3.8) is 0 Å². The normalized spacial score (nSPS) is 9.95. The van der Waals surface area contributed by atoms with Gasteiger partial charge in [0.2, 0.25) is 0 Å². The molecule has 0 fully saturated rings. The van der Waals surface area contributed by atoms with Crippen LogP contribution in [0.1, 0.15) is 15.9 Å². The van der Waals surface area contributed by atoms with Crippen molar-refractivity contribution in [2.24, 2.45) is 0 Å². The van der Waals surface area contributed by atoms with Gasteiger partial charge in [-0.3, -0.25) is 4.79 Å². The van der Waals surface area contributed by atoms with E-state index >= 15 is 0 Å². The molecule has 0 saturated carbocycles. The molecule has 0 heterocycles. The maximum atomic E-state index is 12.1. The molecule has 0 radical (unpaired) electrons. The van der Waals surface area contributed by atoms with Crippen LogP contribution in [-0.2, 0) is 6.54 Å². The second-order valence-corrected chi connectivity index (χ2v) is 4.60. The number of nitrogens with one attached hydrogen (secondary N) is 1. The van der Waals surface area contributed by atoms with Crippen LogP contribution in [-0.4, -0.2) is 27.2 Å². The summed E-state index contributed by atoms with van der Waals surface area (Å²) in [5.41, 5.74) is 1.48. The van der Waals surface area contributed by atoms with E-state index in [1.807, 2.05) is 18.2 Å². The van der Waals surface area contributed by atoms with Crippen molar-refractivity contribution >= 4 is 5.91 Å². The summed E-state index contributed by atoms with van der Waals surface area (Å²) in [5.74, 6) is 1.79. The van der Waals surface area contributed by atoms with E-state index in [9.17, 15) is 4.79 Å². The lowest BCUT2D eigenvalue weighted by atomic mass is 10.1. The Hall–Kier alpha value is -2.69. The SMILES string of the molecule is COc1cccc(C(=O)NCc2ccc(OC)c(OC)c2)c1. The number of carbonyl (C=O) groups is 1. The van der Waals surface area contributed by atoms with Gasteiger partial charge in [0.05, 0.1) is 21.3 Å². The van der Waals surface area contributed by atoms with E-state index in [0.29, 0.717) is 29.4 Å². The van der Waals surface area contributed by atoms with E-state index in [2.05, 4.69) is 5.32 Å². The van der Waals surface area contributed by atoms with Crippen LogP contribution in [0.4, 0.5) is 0 Å². The molecule has 0 atom stereocenters. The van der Waals surface area contributed by atoms with Gasteiger partial charge < -0.3 is 19.5 Å². The minimum absolute atomic E-state index is 0.159. The first-order valence-corrected chi connectivity index (χ1v) is 6.81. The molecule has 5 nitrogen and oxygen atoms in total. The Morgan fingerprint density at radius 3 is 2.41 bits per heavy atom. The molecule has 2 aromatic carbocycles. The molecular weight excluding hydrogens is 282 g/mol. The summed E-state index contributed by atoms with van der Waals surface area (Å²) in [5, 5.41) is 2.86. The minimum atomic E-state index is -0.159. The Kier molecular flexibility index (Phi) is 5.25. The third kappa shape index (κ3) is 3.69. The summed E-state index contributed by atoms with van der Waals surface area (Å²) in [4.78, 5) is 12.1. The zero-order valence-corrected chi connectivity index (χ0v) is 12.9. The standard InChI is InChI=1S/C17H19NO4/c1-20-14-6-4-5-13(10-14)17(19)18-11-12-7-8-15(21-2)16(9-12)22-3/h4-10H,11H2,1-3H3,(H,18,19). The van der Waals surface area contributed by atoms with Crippen LogP contribution in [0.2, 0.25) is 0 Å². The van der Waals surface area contributed by atoms with Crippen molar-refractivity contribution in [2.45, 2.75) is 6.54 Å². The van der Waals surface area contributed by atoms with Crippen molar-refractivity contribution in [1.29, 1.82) is 0 Å². The van der Waals surface area contributed by atoms with Gasteiger partial charge in [0.15, 0.2) is 11.5 Å². The quantitative estimate of drug-likeness (QED) is 0.891. The number of ether oxygens (including phenoxy) is 3. The molecule has 5 heteroatoms. The fourth-order valence-electron chi connectivity index (χ4n) is 2.04. The van der Waals surface area contributed by atoms with E-state index in [-0.39, 0.29) is 5.91 Å². The zero-order valence-electron chi connectivity index (χ0n) is 12.9. The maximum absolute atomic E-state index is 12.1. The van der Waals surface area contributed by atoms with Gasteiger partial charge in [0.1, 0.15) is 5.75 Å². The highest BCUT2D eigenvalue weighted by Gasteiger charge is 2.08. The van der Waals surface area contributed by atoms with Crippen molar-refractivity contribution < 1.29 is 19.0 Å². The minimum Gasteiger partial charge on any atom is -0.497 e. The highest BCUT2D eigenvalue weighted by atomic mass is 16.5. The van der Waals surface area contributed by atoms with E-state index in [1.54, 1.807) is 45.6 Å². The van der Waals surface area contributed by atoms with Crippen molar-refractivity contribution in [1.82, 2.24) is 5.32 Å². The lowest BCUT2D eigenvalue weighted by Gasteiger charge is -2.10. The molecule has 2 rings (SSSR count). The smallest absolute Gasteiger partial charge is 0.251 e. The number of hydrogen-bond acceptors (Lipinski definition) is 4. The van der Waals surface area contributed by atoms with Crippen LogP contribution in [0, 0.1) is 0 Å². The summed E-state index contributed by atoms with van der Waals surface area (Å²) in [6.45, 7) is 0.399. The first-order valence-electron chi connectivity index (χ1n) is 6.81. The highest BCUT2D eigenvalue weighted by molar-refractivity contribution is 5.94. The molecule has 0 unspecified atom stereocenters. The van der Waals surface area contributed by atoms with Gasteiger partial charge in [0.25, 0.3) is 5.91 Å². The van der Waals surface area contributed by atoms with Gasteiger partial charge in [-0.1, -0.05) is 12.1 Å². The number of benzene rings is 2. The number of hydrogen-bond donors (Lipinski definition) is 1. The first-order chi connectivity index (χ1) is 10.7. The van der Waals surface area contributed by atoms with E-state index in [1.165, 1.54) is 0 Å². The van der Waals surface area contributed by atoms with Crippen LogP contribution in [0.3, 0.4) is 0 Å². The Balaban J connectivity index is 2.04. The molecule has 1 amide bonds. The second kappa shape index (κ2) is 7.36. The highest BCUT2D eigenvalue weighted by Crippen LogP contribution is 2.27. The Bertz CT molecular complexity index is 655. The van der Waals surface area contributed by atoms with Crippen LogP contribution in [0.25, 0.3) is 0 Å². The fourth-order valence-corrected chi connectivity index (χ4v) is 2.04. The Labute approximate surface area is 129 Å². The van der Waals surface area contributed by atoms with Crippen molar-refractivity contribution in [2.75, 3.05) is 21.3 Å². The molecule has 0 aliphatic carbocycles.